The lowest BCUT2D eigenvalue weighted by molar-refractivity contribution is 0.659. The van der Waals surface area contributed by atoms with Crippen LogP contribution in [0.2, 0.25) is 0 Å². The highest BCUT2D eigenvalue weighted by molar-refractivity contribution is 8.03. The maximum atomic E-state index is 2.55. The second kappa shape index (κ2) is 12.9. The predicted molar refractivity (Wildman–Crippen MR) is 259 cm³/mol. The van der Waals surface area contributed by atoms with Crippen LogP contribution in [-0.4, -0.2) is 9.13 Å². The molecule has 10 aromatic rings. The average molecular weight is 811 g/mol. The molecule has 2 aliphatic heterocycles. The van der Waals surface area contributed by atoms with Crippen molar-refractivity contribution < 1.29 is 0 Å². The fourth-order valence-electron chi connectivity index (χ4n) is 12.3. The summed E-state index contributed by atoms with van der Waals surface area (Å²) in [7, 11) is 0. The Labute approximate surface area is 365 Å². The average Bonchev–Trinajstić information content (AvgIpc) is 3.95. The molecule has 4 heterocycles. The molecule has 2 unspecified atom stereocenters. The highest BCUT2D eigenvalue weighted by Crippen LogP contribution is 2.64. The summed E-state index contributed by atoms with van der Waals surface area (Å²) < 4.78 is 4.98. The number of fused-ring (bicyclic) bond motifs is 17. The number of aromatic nitrogens is 2. The molecule has 3 atom stereocenters. The first-order valence-corrected chi connectivity index (χ1v) is 23.1. The van der Waals surface area contributed by atoms with Gasteiger partial charge in [-0.3, -0.25) is 0 Å². The van der Waals surface area contributed by atoms with Crippen LogP contribution in [0.1, 0.15) is 59.1 Å². The highest BCUT2D eigenvalue weighted by Gasteiger charge is 2.52. The van der Waals surface area contributed by atoms with Gasteiger partial charge in [0.25, 0.3) is 0 Å². The maximum absolute atomic E-state index is 2.55. The van der Waals surface area contributed by atoms with Crippen LogP contribution in [0.3, 0.4) is 0 Å². The number of allylic oxidation sites excluding steroid dienone is 4. The molecule has 14 rings (SSSR count). The fourth-order valence-corrected chi connectivity index (χ4v) is 13.7. The smallest absolute Gasteiger partial charge is 0.0754 e. The summed E-state index contributed by atoms with van der Waals surface area (Å²) in [4.78, 5) is 2.98. The van der Waals surface area contributed by atoms with Crippen molar-refractivity contribution >= 4 is 55.4 Å². The number of rotatable bonds is 4. The summed E-state index contributed by atoms with van der Waals surface area (Å²) in [5.41, 5.74) is 20.0. The van der Waals surface area contributed by atoms with Crippen molar-refractivity contribution in [1.29, 1.82) is 0 Å². The molecular weight excluding hydrogens is 769 g/mol. The van der Waals surface area contributed by atoms with E-state index >= 15 is 0 Å². The van der Waals surface area contributed by atoms with E-state index in [0.717, 1.165) is 19.3 Å². The normalized spacial score (nSPS) is 19.3. The van der Waals surface area contributed by atoms with Gasteiger partial charge in [-0.05, 0) is 123 Å². The lowest BCUT2D eigenvalue weighted by Crippen LogP contribution is -2.33. The van der Waals surface area contributed by atoms with Gasteiger partial charge in [-0.25, -0.2) is 0 Å². The summed E-state index contributed by atoms with van der Waals surface area (Å²) in [5, 5.41) is 5.23. The molecule has 0 radical (unpaired) electrons. The summed E-state index contributed by atoms with van der Waals surface area (Å²) >= 11 is 2.04. The standard InChI is InChI=1S/C59H42N2S/c1-36-25-31-42-43(32-28-37-26-29-38(30-27-37)60-50-21-8-3-13-39(50)40-14-4-9-22-51(40)60)57-54(62-55(42)35-36)34-33-48-56(57)45-16-2-6-18-46(45)59(48)47-19-7-11-24-53(47)61-52-23-10-5-15-41(52)44-17-12-20-49(59)58(44)61/h2-27,29-31,33-34,36,43H,28,32,35H2,1H3/t36?,43-,59?/m1/s1. The molecule has 62 heavy (non-hydrogen) atoms. The number of para-hydroxylation sites is 5. The summed E-state index contributed by atoms with van der Waals surface area (Å²) in [6, 6.07) is 66.7. The monoisotopic (exact) mass is 810 g/mol. The molecule has 4 aliphatic rings. The van der Waals surface area contributed by atoms with E-state index in [1.165, 1.54) is 110 Å². The predicted octanol–water partition coefficient (Wildman–Crippen LogP) is 15.2. The Bertz CT molecular complexity index is 3560. The second-order valence-corrected chi connectivity index (χ2v) is 19.1. The number of hydrogen-bond donors (Lipinski definition) is 0. The van der Waals surface area contributed by atoms with Gasteiger partial charge in [-0.15, -0.1) is 0 Å². The lowest BCUT2D eigenvalue weighted by atomic mass is 9.65. The zero-order valence-electron chi connectivity index (χ0n) is 34.5. The van der Waals surface area contributed by atoms with Gasteiger partial charge in [-0.2, -0.15) is 0 Å². The minimum atomic E-state index is -0.454. The van der Waals surface area contributed by atoms with Crippen molar-refractivity contribution in [3.05, 3.63) is 232 Å². The molecule has 0 saturated carbocycles. The zero-order chi connectivity index (χ0) is 40.7. The molecule has 0 N–H and O–H groups in total. The Balaban J connectivity index is 0.946. The van der Waals surface area contributed by atoms with E-state index < -0.39 is 5.41 Å². The van der Waals surface area contributed by atoms with Crippen LogP contribution in [0.15, 0.2) is 203 Å². The van der Waals surface area contributed by atoms with Crippen molar-refractivity contribution in [3.63, 3.8) is 0 Å². The second-order valence-electron chi connectivity index (χ2n) is 17.9. The van der Waals surface area contributed by atoms with Crippen molar-refractivity contribution in [1.82, 2.24) is 9.13 Å². The minimum absolute atomic E-state index is 0.279. The van der Waals surface area contributed by atoms with E-state index in [2.05, 4.69) is 204 Å². The zero-order valence-corrected chi connectivity index (χ0v) is 35.3. The van der Waals surface area contributed by atoms with E-state index in [9.17, 15) is 0 Å². The first-order chi connectivity index (χ1) is 30.7. The lowest BCUT2D eigenvalue weighted by Gasteiger charge is -2.40. The van der Waals surface area contributed by atoms with Crippen molar-refractivity contribution in [3.8, 4) is 22.5 Å². The third kappa shape index (κ3) is 4.51. The third-order valence-electron chi connectivity index (χ3n) is 14.7. The quantitative estimate of drug-likeness (QED) is 0.172. The van der Waals surface area contributed by atoms with Crippen LogP contribution in [0.5, 0.6) is 0 Å². The molecule has 0 saturated heterocycles. The van der Waals surface area contributed by atoms with Gasteiger partial charge in [0.15, 0.2) is 0 Å². The number of aryl methyl sites for hydroxylation is 1. The van der Waals surface area contributed by atoms with Gasteiger partial charge >= 0.3 is 0 Å². The van der Waals surface area contributed by atoms with Gasteiger partial charge in [0.2, 0.25) is 0 Å². The highest BCUT2D eigenvalue weighted by atomic mass is 32.2. The maximum Gasteiger partial charge on any atom is 0.0754 e. The summed E-state index contributed by atoms with van der Waals surface area (Å²) in [5.74, 6) is 0.822. The van der Waals surface area contributed by atoms with Crippen molar-refractivity contribution in [2.45, 2.75) is 42.4 Å². The van der Waals surface area contributed by atoms with Crippen LogP contribution < -0.4 is 0 Å². The molecule has 294 valence electrons. The minimum Gasteiger partial charge on any atom is -0.309 e. The molecule has 0 fully saturated rings. The largest absolute Gasteiger partial charge is 0.309 e. The molecule has 2 aliphatic carbocycles. The first-order valence-electron chi connectivity index (χ1n) is 22.2. The van der Waals surface area contributed by atoms with Crippen LogP contribution in [0, 0.1) is 5.92 Å². The molecule has 0 bridgehead atoms. The molecule has 0 amide bonds. The number of thioether (sulfide) groups is 1. The van der Waals surface area contributed by atoms with Gasteiger partial charge in [0.1, 0.15) is 0 Å². The molecule has 8 aromatic carbocycles. The van der Waals surface area contributed by atoms with Gasteiger partial charge in [0, 0.05) is 38.0 Å². The molecule has 3 heteroatoms. The Morgan fingerprint density at radius 1 is 0.565 bits per heavy atom. The van der Waals surface area contributed by atoms with Gasteiger partial charge < -0.3 is 9.13 Å². The summed E-state index contributed by atoms with van der Waals surface area (Å²) in [6.45, 7) is 2.37. The summed E-state index contributed by atoms with van der Waals surface area (Å²) in [6.07, 6.45) is 8.12. The van der Waals surface area contributed by atoms with Crippen LogP contribution >= 0.6 is 11.8 Å². The number of benzene rings is 8. The fraction of sp³-hybridized carbons (Fsp3) is 0.119. The van der Waals surface area contributed by atoms with Gasteiger partial charge in [0.05, 0.1) is 33.2 Å². The Hall–Kier alpha value is -6.81. The SMILES string of the molecule is CC1C=CC2=C(C1)Sc1ccc3c(c1[C@@H]2CCc1ccc(-n2c4ccccc4c4ccccc42)cc1)-c1ccccc1C31c2ccccc2-n2c3ccccc3c3cccc1c32. The molecule has 2 nitrogen and oxygen atoms in total. The van der Waals surface area contributed by atoms with Crippen LogP contribution in [-0.2, 0) is 11.8 Å². The molecular formula is C59H42N2S. The Morgan fingerprint density at radius 3 is 1.97 bits per heavy atom. The van der Waals surface area contributed by atoms with E-state index in [1.807, 2.05) is 11.8 Å². The van der Waals surface area contributed by atoms with E-state index in [0.29, 0.717) is 5.92 Å². The molecule has 1 spiro atoms. The van der Waals surface area contributed by atoms with Crippen molar-refractivity contribution in [2.75, 3.05) is 0 Å². The molecule has 2 aromatic heterocycles. The number of nitrogens with zero attached hydrogens (tertiary/aromatic N) is 2. The third-order valence-corrected chi connectivity index (χ3v) is 16.0. The Kier molecular flexibility index (Phi) is 7.23. The topological polar surface area (TPSA) is 9.86 Å². The van der Waals surface area contributed by atoms with Crippen LogP contribution in [0.25, 0.3) is 66.1 Å². The Morgan fingerprint density at radius 2 is 1.19 bits per heavy atom. The van der Waals surface area contributed by atoms with Gasteiger partial charge in [-0.1, -0.05) is 164 Å². The number of hydrogen-bond acceptors (Lipinski definition) is 1. The van der Waals surface area contributed by atoms with Crippen LogP contribution in [0.4, 0.5) is 0 Å². The van der Waals surface area contributed by atoms with E-state index in [-0.39, 0.29) is 5.92 Å². The van der Waals surface area contributed by atoms with E-state index in [1.54, 1.807) is 4.91 Å². The van der Waals surface area contributed by atoms with E-state index in [4.69, 9.17) is 0 Å². The van der Waals surface area contributed by atoms with Crippen molar-refractivity contribution in [2.24, 2.45) is 5.92 Å². The first kappa shape index (κ1) is 34.9.